The summed E-state index contributed by atoms with van der Waals surface area (Å²) in [5.74, 6) is 0.165. The SMILES string of the molecule is CC(C)c1ncc(S(=O)(=O)N(C(C)C)C(C)C)cc1N. The fourth-order valence-electron chi connectivity index (χ4n) is 2.37. The van der Waals surface area contributed by atoms with Crippen LogP contribution in [0.1, 0.15) is 53.2 Å². The highest BCUT2D eigenvalue weighted by Gasteiger charge is 2.30. The Morgan fingerprint density at radius 1 is 1.10 bits per heavy atom. The molecule has 0 atom stereocenters. The maximum Gasteiger partial charge on any atom is 0.245 e. The fraction of sp³-hybridized carbons (Fsp3) is 0.643. The number of sulfonamides is 1. The average molecular weight is 299 g/mol. The quantitative estimate of drug-likeness (QED) is 0.906. The summed E-state index contributed by atoms with van der Waals surface area (Å²) in [7, 11) is -3.57. The number of nitrogens with two attached hydrogens (primary N) is 1. The van der Waals surface area contributed by atoms with Crippen molar-refractivity contribution in [3.8, 4) is 0 Å². The van der Waals surface area contributed by atoms with Crippen molar-refractivity contribution in [2.75, 3.05) is 5.73 Å². The van der Waals surface area contributed by atoms with Gasteiger partial charge in [-0.25, -0.2) is 8.42 Å². The second-order valence-electron chi connectivity index (χ2n) is 5.82. The molecule has 0 aliphatic carbocycles. The van der Waals surface area contributed by atoms with Crippen LogP contribution in [0.15, 0.2) is 17.2 Å². The van der Waals surface area contributed by atoms with Crippen LogP contribution in [0.25, 0.3) is 0 Å². The second-order valence-corrected chi connectivity index (χ2v) is 7.67. The van der Waals surface area contributed by atoms with Crippen molar-refractivity contribution in [2.45, 2.75) is 64.4 Å². The summed E-state index contributed by atoms with van der Waals surface area (Å²) in [6.07, 6.45) is 1.40. The van der Waals surface area contributed by atoms with Crippen LogP contribution in [0.4, 0.5) is 5.69 Å². The van der Waals surface area contributed by atoms with Gasteiger partial charge in [0.25, 0.3) is 0 Å². The molecule has 6 heteroatoms. The number of nitrogens with zero attached hydrogens (tertiary/aromatic N) is 2. The lowest BCUT2D eigenvalue weighted by Gasteiger charge is -2.29. The van der Waals surface area contributed by atoms with E-state index in [1.54, 1.807) is 0 Å². The van der Waals surface area contributed by atoms with Crippen LogP contribution in [-0.4, -0.2) is 29.8 Å². The molecular weight excluding hydrogens is 274 g/mol. The normalized spacial score (nSPS) is 12.9. The van der Waals surface area contributed by atoms with Gasteiger partial charge in [0, 0.05) is 18.3 Å². The number of rotatable bonds is 5. The molecule has 0 spiro atoms. The van der Waals surface area contributed by atoms with Gasteiger partial charge < -0.3 is 5.73 Å². The molecule has 1 aromatic heterocycles. The summed E-state index contributed by atoms with van der Waals surface area (Å²) in [4.78, 5) is 4.37. The zero-order chi connectivity index (χ0) is 15.7. The Morgan fingerprint density at radius 2 is 1.60 bits per heavy atom. The van der Waals surface area contributed by atoms with Gasteiger partial charge in [-0.2, -0.15) is 4.31 Å². The first-order chi connectivity index (χ1) is 9.09. The molecule has 1 heterocycles. The maximum absolute atomic E-state index is 12.7. The molecule has 0 aromatic carbocycles. The number of pyridine rings is 1. The van der Waals surface area contributed by atoms with Crippen molar-refractivity contribution >= 4 is 15.7 Å². The Labute approximate surface area is 122 Å². The molecule has 0 saturated carbocycles. The lowest BCUT2D eigenvalue weighted by molar-refractivity contribution is 0.302. The van der Waals surface area contributed by atoms with Gasteiger partial charge in [-0.1, -0.05) is 13.8 Å². The molecule has 0 aliphatic rings. The molecule has 20 heavy (non-hydrogen) atoms. The van der Waals surface area contributed by atoms with E-state index < -0.39 is 10.0 Å². The molecule has 0 fully saturated rings. The van der Waals surface area contributed by atoms with Crippen molar-refractivity contribution < 1.29 is 8.42 Å². The Bertz CT molecular complexity index is 558. The monoisotopic (exact) mass is 299 g/mol. The van der Waals surface area contributed by atoms with Crippen LogP contribution < -0.4 is 5.73 Å². The van der Waals surface area contributed by atoms with Crippen molar-refractivity contribution in [3.05, 3.63) is 18.0 Å². The van der Waals surface area contributed by atoms with Gasteiger partial charge in [0.05, 0.1) is 11.4 Å². The summed E-state index contributed by atoms with van der Waals surface area (Å²) in [6.45, 7) is 11.4. The molecule has 2 N–H and O–H groups in total. The number of nitrogen functional groups attached to an aromatic ring is 1. The smallest absolute Gasteiger partial charge is 0.245 e. The molecular formula is C14H25N3O2S. The third-order valence-electron chi connectivity index (χ3n) is 3.06. The Balaban J connectivity index is 3.32. The maximum atomic E-state index is 12.7. The molecule has 0 saturated heterocycles. The van der Waals surface area contributed by atoms with Gasteiger partial charge in [0.2, 0.25) is 10.0 Å². The van der Waals surface area contributed by atoms with E-state index >= 15 is 0 Å². The number of hydrogen-bond acceptors (Lipinski definition) is 4. The Morgan fingerprint density at radius 3 is 1.95 bits per heavy atom. The standard InChI is InChI=1S/C14H25N3O2S/c1-9(2)14-13(15)7-12(8-16-14)20(18,19)17(10(3)4)11(5)6/h7-11H,15H2,1-6H3. The summed E-state index contributed by atoms with van der Waals surface area (Å²) in [6, 6.07) is 1.27. The Kier molecular flexibility index (Phi) is 5.15. The molecule has 0 bridgehead atoms. The third-order valence-corrected chi connectivity index (χ3v) is 5.28. The van der Waals surface area contributed by atoms with Gasteiger partial charge >= 0.3 is 0 Å². The van der Waals surface area contributed by atoms with Crippen LogP contribution in [0.3, 0.4) is 0 Å². The zero-order valence-electron chi connectivity index (χ0n) is 13.1. The van der Waals surface area contributed by atoms with E-state index in [-0.39, 0.29) is 22.9 Å². The number of anilines is 1. The minimum absolute atomic E-state index is 0.119. The predicted molar refractivity (Wildman–Crippen MR) is 82.0 cm³/mol. The molecule has 114 valence electrons. The predicted octanol–water partition coefficient (Wildman–Crippen LogP) is 2.59. The van der Waals surface area contributed by atoms with Crippen molar-refractivity contribution in [2.24, 2.45) is 0 Å². The van der Waals surface area contributed by atoms with Crippen molar-refractivity contribution in [3.63, 3.8) is 0 Å². The molecule has 0 aliphatic heterocycles. The minimum atomic E-state index is -3.57. The van der Waals surface area contributed by atoms with E-state index in [1.165, 1.54) is 16.6 Å². The van der Waals surface area contributed by atoms with Crippen molar-refractivity contribution in [1.29, 1.82) is 0 Å². The van der Waals surface area contributed by atoms with Gasteiger partial charge in [-0.15, -0.1) is 0 Å². The highest BCUT2D eigenvalue weighted by Crippen LogP contribution is 2.25. The summed E-state index contributed by atoms with van der Waals surface area (Å²) < 4.78 is 26.8. The van der Waals surface area contributed by atoms with E-state index in [1.807, 2.05) is 41.5 Å². The van der Waals surface area contributed by atoms with E-state index in [4.69, 9.17) is 5.73 Å². The largest absolute Gasteiger partial charge is 0.397 e. The molecule has 1 aromatic rings. The molecule has 1 rings (SSSR count). The molecule has 5 nitrogen and oxygen atoms in total. The van der Waals surface area contributed by atoms with E-state index in [0.29, 0.717) is 5.69 Å². The summed E-state index contributed by atoms with van der Waals surface area (Å²) in [5, 5.41) is 0. The first-order valence-electron chi connectivity index (χ1n) is 6.88. The van der Waals surface area contributed by atoms with Crippen LogP contribution in [-0.2, 0) is 10.0 Å². The molecule has 0 amide bonds. The fourth-order valence-corrected chi connectivity index (χ4v) is 4.18. The van der Waals surface area contributed by atoms with Gasteiger partial charge in [-0.05, 0) is 39.7 Å². The summed E-state index contributed by atoms with van der Waals surface area (Å²) >= 11 is 0. The van der Waals surface area contributed by atoms with E-state index in [9.17, 15) is 8.42 Å². The first kappa shape index (κ1) is 16.9. The second kappa shape index (κ2) is 6.10. The zero-order valence-corrected chi connectivity index (χ0v) is 13.9. The van der Waals surface area contributed by atoms with E-state index in [0.717, 1.165) is 5.69 Å². The van der Waals surface area contributed by atoms with E-state index in [2.05, 4.69) is 4.98 Å². The van der Waals surface area contributed by atoms with Gasteiger partial charge in [0.1, 0.15) is 4.90 Å². The van der Waals surface area contributed by atoms with Crippen LogP contribution in [0.2, 0.25) is 0 Å². The van der Waals surface area contributed by atoms with Gasteiger partial charge in [-0.3, -0.25) is 4.98 Å². The third kappa shape index (κ3) is 3.30. The van der Waals surface area contributed by atoms with Crippen LogP contribution >= 0.6 is 0 Å². The minimum Gasteiger partial charge on any atom is -0.397 e. The highest BCUT2D eigenvalue weighted by atomic mass is 32.2. The van der Waals surface area contributed by atoms with Gasteiger partial charge in [0.15, 0.2) is 0 Å². The summed E-state index contributed by atoms with van der Waals surface area (Å²) in [5.41, 5.74) is 7.08. The Hall–Kier alpha value is -1.14. The highest BCUT2D eigenvalue weighted by molar-refractivity contribution is 7.89. The van der Waals surface area contributed by atoms with Crippen LogP contribution in [0, 0.1) is 0 Å². The lowest BCUT2D eigenvalue weighted by atomic mass is 10.1. The van der Waals surface area contributed by atoms with Crippen LogP contribution in [0.5, 0.6) is 0 Å². The lowest BCUT2D eigenvalue weighted by Crippen LogP contribution is -2.42. The number of aromatic nitrogens is 1. The number of hydrogen-bond donors (Lipinski definition) is 1. The first-order valence-corrected chi connectivity index (χ1v) is 8.32. The topological polar surface area (TPSA) is 76.3 Å². The molecule has 0 radical (unpaired) electrons. The average Bonchev–Trinajstić information content (AvgIpc) is 2.26. The molecule has 0 unspecified atom stereocenters. The van der Waals surface area contributed by atoms with Crippen molar-refractivity contribution in [1.82, 2.24) is 9.29 Å².